The lowest BCUT2D eigenvalue weighted by atomic mass is 10.1. The van der Waals surface area contributed by atoms with E-state index in [0.717, 1.165) is 22.3 Å². The molecule has 1 heterocycles. The van der Waals surface area contributed by atoms with Crippen molar-refractivity contribution in [2.24, 2.45) is 0 Å². The molecule has 0 N–H and O–H groups in total. The molecule has 0 unspecified atom stereocenters. The fraction of sp³-hybridized carbons (Fsp3) is 0.0833. The van der Waals surface area contributed by atoms with Crippen molar-refractivity contribution < 1.29 is 4.79 Å². The van der Waals surface area contributed by atoms with E-state index < -0.39 is 0 Å². The van der Waals surface area contributed by atoms with Gasteiger partial charge in [0.2, 0.25) is 0 Å². The molecule has 2 aromatic rings. The molecule has 1 nitrogen and oxygen atoms in total. The van der Waals surface area contributed by atoms with Crippen LogP contribution in [0.1, 0.15) is 15.2 Å². The summed E-state index contributed by atoms with van der Waals surface area (Å²) in [7, 11) is 0. The number of ketones is 1. The zero-order valence-corrected chi connectivity index (χ0v) is 14.7. The van der Waals surface area contributed by atoms with Crippen molar-refractivity contribution in [3.63, 3.8) is 0 Å². The highest BCUT2D eigenvalue weighted by atomic mass is 127. The van der Waals surface area contributed by atoms with Crippen molar-refractivity contribution in [3.05, 3.63) is 52.6 Å². The first-order chi connectivity index (χ1) is 8.06. The second kappa shape index (κ2) is 5.95. The van der Waals surface area contributed by atoms with Gasteiger partial charge in [0.25, 0.3) is 0 Å². The summed E-state index contributed by atoms with van der Waals surface area (Å²) in [5, 5.41) is 0. The maximum absolute atomic E-state index is 12.2. The SMILES string of the molecule is O=C(Cc1ccc(Br)s1)c1cc(I)ccc1Br. The van der Waals surface area contributed by atoms with E-state index >= 15 is 0 Å². The van der Waals surface area contributed by atoms with E-state index in [1.54, 1.807) is 11.3 Å². The maximum Gasteiger partial charge on any atom is 0.169 e. The standard InChI is InChI=1S/C12H7Br2IOS/c13-10-3-1-7(15)5-9(10)11(16)6-8-2-4-12(14)17-8/h1-5H,6H2. The summed E-state index contributed by atoms with van der Waals surface area (Å²) in [6, 6.07) is 9.75. The molecule has 1 aromatic heterocycles. The number of rotatable bonds is 3. The van der Waals surface area contributed by atoms with Crippen LogP contribution in [0.2, 0.25) is 0 Å². The molecule has 0 aliphatic carbocycles. The normalized spacial score (nSPS) is 10.5. The second-order valence-corrected chi connectivity index (χ2v) is 8.08. The molecule has 0 radical (unpaired) electrons. The van der Waals surface area contributed by atoms with Crippen molar-refractivity contribution in [1.29, 1.82) is 0 Å². The Hall–Kier alpha value is 0.280. The zero-order chi connectivity index (χ0) is 12.4. The van der Waals surface area contributed by atoms with Crippen LogP contribution in [0, 0.1) is 3.57 Å². The third-order valence-corrected chi connectivity index (χ3v) is 5.18. The van der Waals surface area contributed by atoms with Gasteiger partial charge in [0.15, 0.2) is 5.78 Å². The number of hydrogen-bond donors (Lipinski definition) is 0. The summed E-state index contributed by atoms with van der Waals surface area (Å²) in [6.45, 7) is 0. The van der Waals surface area contributed by atoms with Crippen LogP contribution in [0.5, 0.6) is 0 Å². The molecule has 0 saturated carbocycles. The van der Waals surface area contributed by atoms with Gasteiger partial charge in [0.1, 0.15) is 0 Å². The van der Waals surface area contributed by atoms with Crippen LogP contribution in [-0.4, -0.2) is 5.78 Å². The molecule has 0 spiro atoms. The molecule has 17 heavy (non-hydrogen) atoms. The van der Waals surface area contributed by atoms with Crippen LogP contribution in [0.25, 0.3) is 0 Å². The highest BCUT2D eigenvalue weighted by molar-refractivity contribution is 14.1. The van der Waals surface area contributed by atoms with Crippen LogP contribution in [0.4, 0.5) is 0 Å². The Labute approximate surface area is 134 Å². The van der Waals surface area contributed by atoms with Crippen molar-refractivity contribution in [2.45, 2.75) is 6.42 Å². The van der Waals surface area contributed by atoms with Crippen molar-refractivity contribution >= 4 is 71.6 Å². The first-order valence-electron chi connectivity index (χ1n) is 4.79. The molecule has 1 aromatic carbocycles. The summed E-state index contributed by atoms with van der Waals surface area (Å²) in [5.41, 5.74) is 0.751. The summed E-state index contributed by atoms with van der Waals surface area (Å²) >= 11 is 10.6. The monoisotopic (exact) mass is 484 g/mol. The van der Waals surface area contributed by atoms with Crippen LogP contribution in [0.15, 0.2) is 38.6 Å². The summed E-state index contributed by atoms with van der Waals surface area (Å²) < 4.78 is 2.99. The molecule has 5 heteroatoms. The fourth-order valence-electron chi connectivity index (χ4n) is 1.41. The van der Waals surface area contributed by atoms with Gasteiger partial charge >= 0.3 is 0 Å². The van der Waals surface area contributed by atoms with Crippen molar-refractivity contribution in [1.82, 2.24) is 0 Å². The smallest absolute Gasteiger partial charge is 0.169 e. The third-order valence-electron chi connectivity index (χ3n) is 2.19. The largest absolute Gasteiger partial charge is 0.294 e. The van der Waals surface area contributed by atoms with E-state index in [4.69, 9.17) is 0 Å². The number of Topliss-reactive ketones (excluding diaryl/α,β-unsaturated/α-hetero) is 1. The molecule has 0 aliphatic rings. The number of carbonyl (C=O) groups is 1. The molecule has 88 valence electrons. The topological polar surface area (TPSA) is 17.1 Å². The fourth-order valence-corrected chi connectivity index (χ4v) is 3.85. The van der Waals surface area contributed by atoms with Gasteiger partial charge in [-0.25, -0.2) is 0 Å². The molecule has 0 saturated heterocycles. The lowest BCUT2D eigenvalue weighted by Gasteiger charge is -2.03. The van der Waals surface area contributed by atoms with E-state index in [-0.39, 0.29) is 5.78 Å². The number of carbonyl (C=O) groups excluding carboxylic acids is 1. The first kappa shape index (κ1) is 13.7. The minimum atomic E-state index is 0.143. The lowest BCUT2D eigenvalue weighted by molar-refractivity contribution is 0.0993. The summed E-state index contributed by atoms with van der Waals surface area (Å²) in [6.07, 6.45) is 0.453. The average molecular weight is 486 g/mol. The molecular formula is C12H7Br2IOS. The Morgan fingerprint density at radius 2 is 2.00 bits per heavy atom. The zero-order valence-electron chi connectivity index (χ0n) is 8.54. The van der Waals surface area contributed by atoms with Gasteiger partial charge in [-0.1, -0.05) is 15.9 Å². The lowest BCUT2D eigenvalue weighted by Crippen LogP contribution is -2.03. The van der Waals surface area contributed by atoms with E-state index in [9.17, 15) is 4.79 Å². The van der Waals surface area contributed by atoms with E-state index in [1.807, 2.05) is 30.3 Å². The molecular weight excluding hydrogens is 479 g/mol. The van der Waals surface area contributed by atoms with Crippen LogP contribution >= 0.6 is 65.8 Å². The molecule has 0 atom stereocenters. The molecule has 0 amide bonds. The third kappa shape index (κ3) is 3.62. The first-order valence-corrected chi connectivity index (χ1v) is 8.27. The summed E-state index contributed by atoms with van der Waals surface area (Å²) in [5.74, 6) is 0.143. The predicted octanol–water partition coefficient (Wildman–Crippen LogP) is 5.30. The van der Waals surface area contributed by atoms with E-state index in [0.29, 0.717) is 6.42 Å². The van der Waals surface area contributed by atoms with Gasteiger partial charge in [-0.15, -0.1) is 11.3 Å². The predicted molar refractivity (Wildman–Crippen MR) is 86.9 cm³/mol. The Morgan fingerprint density at radius 3 is 2.65 bits per heavy atom. The highest BCUT2D eigenvalue weighted by Crippen LogP contribution is 2.25. The van der Waals surface area contributed by atoms with Crippen LogP contribution in [0.3, 0.4) is 0 Å². The Balaban J connectivity index is 2.22. The average Bonchev–Trinajstić information content (AvgIpc) is 2.67. The van der Waals surface area contributed by atoms with Gasteiger partial charge in [-0.3, -0.25) is 4.79 Å². The van der Waals surface area contributed by atoms with Gasteiger partial charge < -0.3 is 0 Å². The Kier molecular flexibility index (Phi) is 4.80. The van der Waals surface area contributed by atoms with Crippen LogP contribution < -0.4 is 0 Å². The number of benzene rings is 1. The van der Waals surface area contributed by atoms with Gasteiger partial charge in [0.05, 0.1) is 3.79 Å². The van der Waals surface area contributed by atoms with E-state index in [2.05, 4.69) is 54.5 Å². The maximum atomic E-state index is 12.2. The molecule has 2 rings (SSSR count). The molecule has 0 fully saturated rings. The van der Waals surface area contributed by atoms with Crippen molar-refractivity contribution in [2.75, 3.05) is 0 Å². The van der Waals surface area contributed by atoms with Gasteiger partial charge in [-0.05, 0) is 68.9 Å². The molecule has 0 aliphatic heterocycles. The Morgan fingerprint density at radius 1 is 1.24 bits per heavy atom. The van der Waals surface area contributed by atoms with Gasteiger partial charge in [-0.2, -0.15) is 0 Å². The minimum absolute atomic E-state index is 0.143. The van der Waals surface area contributed by atoms with Crippen molar-refractivity contribution in [3.8, 4) is 0 Å². The number of hydrogen-bond acceptors (Lipinski definition) is 2. The highest BCUT2D eigenvalue weighted by Gasteiger charge is 2.12. The second-order valence-electron chi connectivity index (χ2n) is 3.43. The minimum Gasteiger partial charge on any atom is -0.294 e. The quantitative estimate of drug-likeness (QED) is 0.426. The Bertz CT molecular complexity index is 565. The van der Waals surface area contributed by atoms with Crippen LogP contribution in [-0.2, 0) is 6.42 Å². The van der Waals surface area contributed by atoms with E-state index in [1.165, 1.54) is 0 Å². The molecule has 0 bridgehead atoms. The summed E-state index contributed by atoms with van der Waals surface area (Å²) in [4.78, 5) is 13.2. The number of halogens is 3. The van der Waals surface area contributed by atoms with Gasteiger partial charge in [0, 0.05) is 24.9 Å². The number of thiophene rings is 1.